The number of hydrogen-bond donors (Lipinski definition) is 3. The molecule has 25 heavy (non-hydrogen) atoms. The fourth-order valence-corrected chi connectivity index (χ4v) is 3.27. The van der Waals surface area contributed by atoms with Crippen molar-refractivity contribution >= 4 is 11.6 Å². The van der Waals surface area contributed by atoms with E-state index in [4.69, 9.17) is 4.74 Å². The minimum Gasteiger partial charge on any atom is -0.477 e. The lowest BCUT2D eigenvalue weighted by atomic mass is 9.95. The molecule has 1 aliphatic rings. The van der Waals surface area contributed by atoms with Crippen molar-refractivity contribution in [2.45, 2.75) is 26.3 Å². The zero-order valence-electron chi connectivity index (χ0n) is 14.5. The SMILES string of the molecule is CCOc1c(-c2cn[nH]c2)ccc2nc(N[C@H]3CCNC[C@H]3C)nn12. The quantitative estimate of drug-likeness (QED) is 0.657. The second-order valence-corrected chi connectivity index (χ2v) is 6.40. The normalized spacial score (nSPS) is 20.7. The summed E-state index contributed by atoms with van der Waals surface area (Å²) >= 11 is 0. The van der Waals surface area contributed by atoms with E-state index in [1.165, 1.54) is 0 Å². The Labute approximate surface area is 146 Å². The zero-order chi connectivity index (χ0) is 17.2. The minimum absolute atomic E-state index is 0.377. The van der Waals surface area contributed by atoms with Gasteiger partial charge in [0, 0.05) is 23.4 Å². The Hall–Kier alpha value is -2.61. The molecule has 8 nitrogen and oxygen atoms in total. The van der Waals surface area contributed by atoms with Gasteiger partial charge in [-0.3, -0.25) is 5.10 Å². The Kier molecular flexibility index (Phi) is 4.27. The fourth-order valence-electron chi connectivity index (χ4n) is 3.27. The van der Waals surface area contributed by atoms with Crippen molar-refractivity contribution in [3.63, 3.8) is 0 Å². The zero-order valence-corrected chi connectivity index (χ0v) is 14.5. The molecule has 1 saturated heterocycles. The molecule has 0 spiro atoms. The van der Waals surface area contributed by atoms with Crippen molar-refractivity contribution in [2.24, 2.45) is 5.92 Å². The molecule has 3 aromatic heterocycles. The maximum absolute atomic E-state index is 5.88. The predicted molar refractivity (Wildman–Crippen MR) is 95.8 cm³/mol. The molecule has 132 valence electrons. The molecule has 1 fully saturated rings. The largest absolute Gasteiger partial charge is 0.477 e. The summed E-state index contributed by atoms with van der Waals surface area (Å²) in [5.74, 6) is 1.86. The van der Waals surface area contributed by atoms with Crippen LogP contribution in [-0.2, 0) is 0 Å². The van der Waals surface area contributed by atoms with Gasteiger partial charge in [-0.05, 0) is 44.5 Å². The van der Waals surface area contributed by atoms with Gasteiger partial charge in [0.25, 0.3) is 0 Å². The van der Waals surface area contributed by atoms with E-state index in [2.05, 4.69) is 37.8 Å². The van der Waals surface area contributed by atoms with Crippen LogP contribution in [-0.4, -0.2) is 50.5 Å². The Morgan fingerprint density at radius 3 is 3.08 bits per heavy atom. The van der Waals surface area contributed by atoms with E-state index in [9.17, 15) is 0 Å². The first-order valence-electron chi connectivity index (χ1n) is 8.75. The van der Waals surface area contributed by atoms with E-state index in [-0.39, 0.29) is 0 Å². The number of rotatable bonds is 5. The molecule has 0 amide bonds. The van der Waals surface area contributed by atoms with E-state index < -0.39 is 0 Å². The Morgan fingerprint density at radius 1 is 1.40 bits per heavy atom. The molecule has 3 N–H and O–H groups in total. The number of anilines is 1. The van der Waals surface area contributed by atoms with Crippen LogP contribution in [0.1, 0.15) is 20.3 Å². The van der Waals surface area contributed by atoms with Gasteiger partial charge in [-0.15, -0.1) is 5.10 Å². The highest BCUT2D eigenvalue weighted by Crippen LogP contribution is 2.30. The van der Waals surface area contributed by atoms with E-state index in [0.717, 1.165) is 36.3 Å². The fraction of sp³-hybridized carbons (Fsp3) is 0.471. The standard InChI is InChI=1S/C17H23N7O/c1-3-25-16-13(12-9-19-20-10-12)4-5-15-22-17(23-24(15)16)21-14-6-7-18-8-11(14)2/h4-5,9-11,14,18H,3,6-8H2,1-2H3,(H,19,20)(H,21,23)/t11-,14+/m1/s1. The van der Waals surface area contributed by atoms with E-state index in [1.54, 1.807) is 10.7 Å². The maximum atomic E-state index is 5.88. The summed E-state index contributed by atoms with van der Waals surface area (Å²) in [6, 6.07) is 4.33. The van der Waals surface area contributed by atoms with Crippen molar-refractivity contribution in [2.75, 3.05) is 25.0 Å². The van der Waals surface area contributed by atoms with Crippen molar-refractivity contribution < 1.29 is 4.74 Å². The van der Waals surface area contributed by atoms with Crippen LogP contribution >= 0.6 is 0 Å². The molecular formula is C17H23N7O. The summed E-state index contributed by atoms with van der Waals surface area (Å²) in [4.78, 5) is 4.62. The monoisotopic (exact) mass is 341 g/mol. The number of ether oxygens (including phenoxy) is 1. The molecule has 3 aromatic rings. The van der Waals surface area contributed by atoms with Crippen LogP contribution < -0.4 is 15.4 Å². The molecule has 0 aliphatic carbocycles. The van der Waals surface area contributed by atoms with Gasteiger partial charge in [-0.1, -0.05) is 6.92 Å². The van der Waals surface area contributed by atoms with E-state index >= 15 is 0 Å². The number of nitrogens with zero attached hydrogens (tertiary/aromatic N) is 4. The molecule has 2 atom stereocenters. The molecular weight excluding hydrogens is 318 g/mol. The summed E-state index contributed by atoms with van der Waals surface area (Å²) in [7, 11) is 0. The summed E-state index contributed by atoms with van der Waals surface area (Å²) in [5.41, 5.74) is 2.66. The summed E-state index contributed by atoms with van der Waals surface area (Å²) in [6.45, 7) is 6.79. The summed E-state index contributed by atoms with van der Waals surface area (Å²) in [5, 5.41) is 18.4. The van der Waals surface area contributed by atoms with Gasteiger partial charge in [-0.2, -0.15) is 14.6 Å². The number of fused-ring (bicyclic) bond motifs is 1. The van der Waals surface area contributed by atoms with Gasteiger partial charge < -0.3 is 15.4 Å². The molecule has 4 rings (SSSR count). The van der Waals surface area contributed by atoms with E-state index in [0.29, 0.717) is 30.4 Å². The minimum atomic E-state index is 0.377. The van der Waals surface area contributed by atoms with Crippen LogP contribution in [0.5, 0.6) is 5.88 Å². The van der Waals surface area contributed by atoms with Gasteiger partial charge in [0.15, 0.2) is 5.65 Å². The van der Waals surface area contributed by atoms with Gasteiger partial charge >= 0.3 is 0 Å². The average Bonchev–Trinajstić information content (AvgIpc) is 3.27. The average molecular weight is 341 g/mol. The van der Waals surface area contributed by atoms with Crippen molar-refractivity contribution in [3.05, 3.63) is 24.5 Å². The van der Waals surface area contributed by atoms with Crippen LogP contribution in [0.2, 0.25) is 0 Å². The Balaban J connectivity index is 1.71. The summed E-state index contributed by atoms with van der Waals surface area (Å²) in [6.07, 6.45) is 4.68. The lowest BCUT2D eigenvalue weighted by Crippen LogP contribution is -2.42. The highest BCUT2D eigenvalue weighted by molar-refractivity contribution is 5.70. The first-order chi connectivity index (χ1) is 12.3. The Morgan fingerprint density at radius 2 is 2.32 bits per heavy atom. The number of H-pyrrole nitrogens is 1. The number of piperidine rings is 1. The predicted octanol–water partition coefficient (Wildman–Crippen LogP) is 1.93. The third-order valence-electron chi connectivity index (χ3n) is 4.64. The molecule has 0 radical (unpaired) electrons. The van der Waals surface area contributed by atoms with E-state index in [1.807, 2.05) is 25.3 Å². The number of pyridine rings is 1. The van der Waals surface area contributed by atoms with Crippen LogP contribution in [0, 0.1) is 5.92 Å². The molecule has 1 aliphatic heterocycles. The van der Waals surface area contributed by atoms with Gasteiger partial charge in [0.2, 0.25) is 11.8 Å². The highest BCUT2D eigenvalue weighted by atomic mass is 16.5. The number of aromatic nitrogens is 5. The molecule has 8 heteroatoms. The van der Waals surface area contributed by atoms with Crippen LogP contribution in [0.4, 0.5) is 5.95 Å². The number of hydrogen-bond acceptors (Lipinski definition) is 6. The van der Waals surface area contributed by atoms with Crippen LogP contribution in [0.25, 0.3) is 16.8 Å². The molecule has 0 bridgehead atoms. The Bertz CT molecular complexity index is 842. The molecule has 0 unspecified atom stereocenters. The number of aromatic amines is 1. The lowest BCUT2D eigenvalue weighted by molar-refractivity contribution is 0.319. The summed E-state index contributed by atoms with van der Waals surface area (Å²) < 4.78 is 7.64. The molecule has 0 saturated carbocycles. The smallest absolute Gasteiger partial charge is 0.243 e. The van der Waals surface area contributed by atoms with Crippen LogP contribution in [0.15, 0.2) is 24.5 Å². The molecule has 0 aromatic carbocycles. The van der Waals surface area contributed by atoms with Crippen LogP contribution in [0.3, 0.4) is 0 Å². The van der Waals surface area contributed by atoms with Crippen molar-refractivity contribution in [3.8, 4) is 17.0 Å². The second-order valence-electron chi connectivity index (χ2n) is 6.40. The van der Waals surface area contributed by atoms with Crippen molar-refractivity contribution in [1.29, 1.82) is 0 Å². The molecule has 4 heterocycles. The highest BCUT2D eigenvalue weighted by Gasteiger charge is 2.23. The first kappa shape index (κ1) is 15.9. The second kappa shape index (κ2) is 6.72. The topological polar surface area (TPSA) is 92.2 Å². The first-order valence-corrected chi connectivity index (χ1v) is 8.75. The third kappa shape index (κ3) is 3.05. The van der Waals surface area contributed by atoms with Gasteiger partial charge in [0.1, 0.15) is 0 Å². The van der Waals surface area contributed by atoms with Gasteiger partial charge in [-0.25, -0.2) is 0 Å². The van der Waals surface area contributed by atoms with Gasteiger partial charge in [0.05, 0.1) is 12.8 Å². The third-order valence-corrected chi connectivity index (χ3v) is 4.64. The number of nitrogens with one attached hydrogen (secondary N) is 3. The van der Waals surface area contributed by atoms with Crippen molar-refractivity contribution in [1.82, 2.24) is 30.1 Å². The maximum Gasteiger partial charge on any atom is 0.243 e. The lowest BCUT2D eigenvalue weighted by Gasteiger charge is -2.29.